The zero-order chi connectivity index (χ0) is 11.4. The summed E-state index contributed by atoms with van der Waals surface area (Å²) in [7, 11) is 4.08. The third kappa shape index (κ3) is 4.58. The Morgan fingerprint density at radius 3 is 2.36 bits per heavy atom. The van der Waals surface area contributed by atoms with E-state index in [1.54, 1.807) is 0 Å². The van der Waals surface area contributed by atoms with Crippen molar-refractivity contribution in [2.24, 2.45) is 11.7 Å². The van der Waals surface area contributed by atoms with Crippen molar-refractivity contribution >= 4 is 5.91 Å². The summed E-state index contributed by atoms with van der Waals surface area (Å²) in [4.78, 5) is 12.9. The van der Waals surface area contributed by atoms with Gasteiger partial charge in [0.05, 0.1) is 0 Å². The fourth-order valence-electron chi connectivity index (χ4n) is 0.853. The average Bonchev–Trinajstić information content (AvgIpc) is 2.03. The summed E-state index contributed by atoms with van der Waals surface area (Å²) in [6.45, 7) is 7.62. The maximum Gasteiger partial charge on any atom is 0.221 e. The van der Waals surface area contributed by atoms with E-state index in [2.05, 4.69) is 24.1 Å². The maximum atomic E-state index is 10.8. The van der Waals surface area contributed by atoms with Crippen molar-refractivity contribution in [3.05, 3.63) is 0 Å². The lowest BCUT2D eigenvalue weighted by Gasteiger charge is -2.33. The lowest BCUT2D eigenvalue weighted by atomic mass is 10.0. The van der Waals surface area contributed by atoms with Crippen LogP contribution in [0.25, 0.3) is 0 Å². The summed E-state index contributed by atoms with van der Waals surface area (Å²) in [5, 5.41) is 3.25. The second-order valence-corrected chi connectivity index (χ2v) is 4.64. The van der Waals surface area contributed by atoms with E-state index in [9.17, 15) is 4.79 Å². The van der Waals surface area contributed by atoms with Gasteiger partial charge in [-0.3, -0.25) is 4.79 Å². The predicted octanol–water partition coefficient (Wildman–Crippen LogP) is 0.0376. The lowest BCUT2D eigenvalue weighted by molar-refractivity contribution is -0.121. The van der Waals surface area contributed by atoms with Crippen LogP contribution in [0.3, 0.4) is 0 Å². The largest absolute Gasteiger partial charge is 0.369 e. The minimum atomic E-state index is -0.250. The number of hydrogen-bond donors (Lipinski definition) is 2. The zero-order valence-electron chi connectivity index (χ0n) is 9.92. The Morgan fingerprint density at radius 1 is 1.50 bits per heavy atom. The topological polar surface area (TPSA) is 58.4 Å². The molecule has 0 fully saturated rings. The van der Waals surface area contributed by atoms with Crippen LogP contribution in [0.15, 0.2) is 0 Å². The molecule has 0 aliphatic heterocycles. The van der Waals surface area contributed by atoms with Crippen LogP contribution in [0.1, 0.15) is 20.8 Å². The molecule has 0 aromatic carbocycles. The first-order valence-corrected chi connectivity index (χ1v) is 4.95. The quantitative estimate of drug-likeness (QED) is 0.638. The average molecular weight is 201 g/mol. The highest BCUT2D eigenvalue weighted by atomic mass is 16.1. The van der Waals surface area contributed by atoms with Gasteiger partial charge in [0.15, 0.2) is 0 Å². The van der Waals surface area contributed by atoms with Gasteiger partial charge < -0.3 is 16.0 Å². The van der Waals surface area contributed by atoms with Gasteiger partial charge in [-0.15, -0.1) is 0 Å². The standard InChI is InChI=1S/C10H23N3O/c1-8(9(11)14)6-12-7-10(2,3)13(4)5/h8,12H,6-7H2,1-5H3,(H2,11,14). The second-order valence-electron chi connectivity index (χ2n) is 4.64. The molecule has 0 saturated heterocycles. The summed E-state index contributed by atoms with van der Waals surface area (Å²) < 4.78 is 0. The number of carbonyl (C=O) groups is 1. The molecular weight excluding hydrogens is 178 g/mol. The molecule has 4 heteroatoms. The number of likely N-dealkylation sites (N-methyl/N-ethyl adjacent to an activating group) is 1. The van der Waals surface area contributed by atoms with E-state index in [-0.39, 0.29) is 17.4 Å². The van der Waals surface area contributed by atoms with Crippen molar-refractivity contribution < 1.29 is 4.79 Å². The molecule has 0 spiro atoms. The van der Waals surface area contributed by atoms with Crippen molar-refractivity contribution in [2.75, 3.05) is 27.2 Å². The Morgan fingerprint density at radius 2 is 2.00 bits per heavy atom. The summed E-state index contributed by atoms with van der Waals surface area (Å²) >= 11 is 0. The lowest BCUT2D eigenvalue weighted by Crippen LogP contribution is -2.48. The molecule has 14 heavy (non-hydrogen) atoms. The van der Waals surface area contributed by atoms with E-state index in [4.69, 9.17) is 5.73 Å². The van der Waals surface area contributed by atoms with Crippen LogP contribution in [0.2, 0.25) is 0 Å². The summed E-state index contributed by atoms with van der Waals surface area (Å²) in [5.74, 6) is -0.354. The molecule has 0 aromatic rings. The minimum Gasteiger partial charge on any atom is -0.369 e. The number of rotatable bonds is 6. The highest BCUT2D eigenvalue weighted by Crippen LogP contribution is 2.07. The van der Waals surface area contributed by atoms with Crippen molar-refractivity contribution in [3.63, 3.8) is 0 Å². The van der Waals surface area contributed by atoms with Crippen molar-refractivity contribution in [2.45, 2.75) is 26.3 Å². The molecular formula is C10H23N3O. The molecule has 0 saturated carbocycles. The van der Waals surface area contributed by atoms with Gasteiger partial charge in [0.2, 0.25) is 5.91 Å². The molecule has 84 valence electrons. The van der Waals surface area contributed by atoms with E-state index in [0.29, 0.717) is 6.54 Å². The number of primary amides is 1. The molecule has 1 unspecified atom stereocenters. The molecule has 0 radical (unpaired) electrons. The van der Waals surface area contributed by atoms with Crippen LogP contribution in [0.4, 0.5) is 0 Å². The van der Waals surface area contributed by atoms with Gasteiger partial charge in [-0.2, -0.15) is 0 Å². The van der Waals surface area contributed by atoms with Crippen LogP contribution in [0.5, 0.6) is 0 Å². The summed E-state index contributed by atoms with van der Waals surface area (Å²) in [6, 6.07) is 0. The van der Waals surface area contributed by atoms with Gasteiger partial charge in [0.25, 0.3) is 0 Å². The van der Waals surface area contributed by atoms with Crippen LogP contribution >= 0.6 is 0 Å². The monoisotopic (exact) mass is 201 g/mol. The predicted molar refractivity (Wildman–Crippen MR) is 59.0 cm³/mol. The first kappa shape index (κ1) is 13.4. The second kappa shape index (κ2) is 5.32. The Balaban J connectivity index is 3.79. The minimum absolute atomic E-state index is 0.0946. The van der Waals surface area contributed by atoms with Gasteiger partial charge in [-0.25, -0.2) is 0 Å². The van der Waals surface area contributed by atoms with Gasteiger partial charge in [0.1, 0.15) is 0 Å². The fraction of sp³-hybridized carbons (Fsp3) is 0.900. The molecule has 1 amide bonds. The maximum absolute atomic E-state index is 10.8. The van der Waals surface area contributed by atoms with Crippen LogP contribution in [-0.2, 0) is 4.79 Å². The molecule has 4 nitrogen and oxygen atoms in total. The Kier molecular flexibility index (Phi) is 5.08. The van der Waals surface area contributed by atoms with Crippen LogP contribution in [-0.4, -0.2) is 43.5 Å². The zero-order valence-corrected chi connectivity index (χ0v) is 9.92. The first-order valence-electron chi connectivity index (χ1n) is 4.95. The molecule has 3 N–H and O–H groups in total. The molecule has 0 rings (SSSR count). The number of hydrogen-bond acceptors (Lipinski definition) is 3. The van der Waals surface area contributed by atoms with Gasteiger partial charge in [-0.05, 0) is 27.9 Å². The Bertz CT molecular complexity index is 190. The van der Waals surface area contributed by atoms with E-state index in [1.165, 1.54) is 0 Å². The number of carbonyl (C=O) groups excluding carboxylic acids is 1. The van der Waals surface area contributed by atoms with Crippen molar-refractivity contribution in [3.8, 4) is 0 Å². The Labute approximate surface area is 86.8 Å². The number of nitrogens with zero attached hydrogens (tertiary/aromatic N) is 1. The highest BCUT2D eigenvalue weighted by molar-refractivity contribution is 5.76. The van der Waals surface area contributed by atoms with E-state index in [0.717, 1.165) is 6.54 Å². The number of nitrogens with two attached hydrogens (primary N) is 1. The Hall–Kier alpha value is -0.610. The third-order valence-corrected chi connectivity index (χ3v) is 2.70. The summed E-state index contributed by atoms with van der Waals surface area (Å²) in [6.07, 6.45) is 0. The van der Waals surface area contributed by atoms with E-state index < -0.39 is 0 Å². The normalized spacial score (nSPS) is 14.4. The van der Waals surface area contributed by atoms with Gasteiger partial charge in [-0.1, -0.05) is 6.92 Å². The molecule has 0 bridgehead atoms. The van der Waals surface area contributed by atoms with Crippen molar-refractivity contribution in [1.82, 2.24) is 10.2 Å². The van der Waals surface area contributed by atoms with Gasteiger partial charge in [0, 0.05) is 24.5 Å². The molecule has 0 heterocycles. The molecule has 0 aliphatic carbocycles. The van der Waals surface area contributed by atoms with Crippen LogP contribution in [0, 0.1) is 5.92 Å². The first-order chi connectivity index (χ1) is 6.27. The molecule has 0 aliphatic rings. The molecule has 1 atom stereocenters. The van der Waals surface area contributed by atoms with Crippen LogP contribution < -0.4 is 11.1 Å². The van der Waals surface area contributed by atoms with E-state index in [1.807, 2.05) is 21.0 Å². The number of nitrogens with one attached hydrogen (secondary N) is 1. The smallest absolute Gasteiger partial charge is 0.221 e. The van der Waals surface area contributed by atoms with E-state index >= 15 is 0 Å². The number of amides is 1. The molecule has 0 aromatic heterocycles. The fourth-order valence-corrected chi connectivity index (χ4v) is 0.853. The van der Waals surface area contributed by atoms with Crippen molar-refractivity contribution in [1.29, 1.82) is 0 Å². The SMILES string of the molecule is CC(CNCC(C)(C)N(C)C)C(N)=O. The third-order valence-electron chi connectivity index (χ3n) is 2.70. The highest BCUT2D eigenvalue weighted by Gasteiger charge is 2.20. The summed E-state index contributed by atoms with van der Waals surface area (Å²) in [5.41, 5.74) is 5.25. The van der Waals surface area contributed by atoms with Gasteiger partial charge >= 0.3 is 0 Å².